The van der Waals surface area contributed by atoms with E-state index in [1.54, 1.807) is 6.08 Å². The fraction of sp³-hybridized carbons (Fsp3) is 0.556. The molecule has 2 nitrogen and oxygen atoms in total. The molecule has 0 aromatic rings. The van der Waals surface area contributed by atoms with E-state index in [4.69, 9.17) is 5.41 Å². The average molecular weight is 154 g/mol. The molecule has 2 heteroatoms. The predicted octanol–water partition coefficient (Wildman–Crippen LogP) is 2.90. The van der Waals surface area contributed by atoms with Gasteiger partial charge >= 0.3 is 0 Å². The fourth-order valence-electron chi connectivity index (χ4n) is 0.512. The Morgan fingerprint density at radius 2 is 1.91 bits per heavy atom. The molecule has 0 rings (SSSR count). The topological polar surface area (TPSA) is 36.2 Å². The molecule has 0 aliphatic heterocycles. The molecule has 64 valence electrons. The van der Waals surface area contributed by atoms with Gasteiger partial charge < -0.3 is 0 Å². The standard InChI is InChI=1S/C7H12N2.C2H6/c1-4-7(6(2)3)9-5-8;1-2/h4-6,8H,1H2,2-3H3;1-2H3. The Balaban J connectivity index is 0. The summed E-state index contributed by atoms with van der Waals surface area (Å²) in [4.78, 5) is 3.78. The van der Waals surface area contributed by atoms with Crippen molar-refractivity contribution in [2.45, 2.75) is 27.7 Å². The molecule has 0 atom stereocenters. The van der Waals surface area contributed by atoms with Crippen LogP contribution >= 0.6 is 0 Å². The van der Waals surface area contributed by atoms with Gasteiger partial charge in [-0.25, -0.2) is 4.99 Å². The van der Waals surface area contributed by atoms with Gasteiger partial charge in [-0.05, 0) is 12.0 Å². The van der Waals surface area contributed by atoms with E-state index < -0.39 is 0 Å². The molecular weight excluding hydrogens is 136 g/mol. The third-order valence-corrected chi connectivity index (χ3v) is 1.01. The van der Waals surface area contributed by atoms with Gasteiger partial charge in [0.05, 0.1) is 0 Å². The molecule has 0 spiro atoms. The molecule has 1 N–H and O–H groups in total. The summed E-state index contributed by atoms with van der Waals surface area (Å²) in [5.74, 6) is 0.365. The van der Waals surface area contributed by atoms with Crippen LogP contribution < -0.4 is 0 Å². The maximum atomic E-state index is 6.67. The second-order valence-corrected chi connectivity index (χ2v) is 2.04. The van der Waals surface area contributed by atoms with Crippen LogP contribution in [0.3, 0.4) is 0 Å². The zero-order valence-corrected chi connectivity index (χ0v) is 7.89. The lowest BCUT2D eigenvalue weighted by atomic mass is 10.1. The van der Waals surface area contributed by atoms with E-state index in [9.17, 15) is 0 Å². The number of rotatable bonds is 3. The molecule has 0 aliphatic rings. The monoisotopic (exact) mass is 154 g/mol. The molecule has 0 fully saturated rings. The Labute approximate surface area is 69.6 Å². The zero-order chi connectivity index (χ0) is 9.28. The van der Waals surface area contributed by atoms with Gasteiger partial charge in [0.25, 0.3) is 0 Å². The van der Waals surface area contributed by atoms with Crippen molar-refractivity contribution in [2.24, 2.45) is 10.9 Å². The van der Waals surface area contributed by atoms with Crippen LogP contribution in [0.25, 0.3) is 0 Å². The van der Waals surface area contributed by atoms with Gasteiger partial charge in [0.1, 0.15) is 6.34 Å². The molecule has 0 saturated carbocycles. The molecule has 0 radical (unpaired) electrons. The van der Waals surface area contributed by atoms with Crippen molar-refractivity contribution in [3.8, 4) is 0 Å². The second kappa shape index (κ2) is 9.08. The highest BCUT2D eigenvalue weighted by molar-refractivity contribution is 5.99. The first-order valence-electron chi connectivity index (χ1n) is 3.91. The third-order valence-electron chi connectivity index (χ3n) is 1.01. The maximum Gasteiger partial charge on any atom is 0.107 e. The first-order chi connectivity index (χ1) is 5.22. The molecule has 0 unspecified atom stereocenters. The molecule has 0 bridgehead atoms. The molecule has 0 amide bonds. The van der Waals surface area contributed by atoms with E-state index in [0.717, 1.165) is 12.1 Å². The summed E-state index contributed by atoms with van der Waals surface area (Å²) < 4.78 is 0. The number of hydrogen-bond acceptors (Lipinski definition) is 1. The number of allylic oxidation sites excluding steroid dienone is 1. The summed E-state index contributed by atoms with van der Waals surface area (Å²) >= 11 is 0. The van der Waals surface area contributed by atoms with Crippen molar-refractivity contribution in [1.82, 2.24) is 0 Å². The maximum absolute atomic E-state index is 6.67. The minimum absolute atomic E-state index is 0.365. The van der Waals surface area contributed by atoms with Crippen molar-refractivity contribution in [2.75, 3.05) is 0 Å². The zero-order valence-electron chi connectivity index (χ0n) is 7.89. The van der Waals surface area contributed by atoms with Gasteiger partial charge in [-0.2, -0.15) is 0 Å². The second-order valence-electron chi connectivity index (χ2n) is 2.04. The fourth-order valence-corrected chi connectivity index (χ4v) is 0.512. The molecule has 0 heterocycles. The molecule has 0 saturated heterocycles. The van der Waals surface area contributed by atoms with Gasteiger partial charge in [-0.15, -0.1) is 0 Å². The predicted molar refractivity (Wildman–Crippen MR) is 52.6 cm³/mol. The van der Waals surface area contributed by atoms with Crippen LogP contribution in [-0.4, -0.2) is 12.1 Å². The Hall–Kier alpha value is -0.920. The Bertz CT molecular complexity index is 134. The van der Waals surface area contributed by atoms with E-state index in [1.165, 1.54) is 0 Å². The van der Waals surface area contributed by atoms with E-state index >= 15 is 0 Å². The largest absolute Gasteiger partial charge is 0.290 e. The van der Waals surface area contributed by atoms with Crippen LogP contribution in [0.2, 0.25) is 0 Å². The SMILES string of the molecule is C=CC(=NC=N)C(C)C.CC. The number of nitrogens with one attached hydrogen (secondary N) is 1. The molecule has 0 aliphatic carbocycles. The van der Waals surface area contributed by atoms with Gasteiger partial charge in [-0.1, -0.05) is 34.3 Å². The Kier molecular flexibility index (Phi) is 10.5. The molecular formula is C9H18N2. The van der Waals surface area contributed by atoms with Crippen LogP contribution in [0.4, 0.5) is 0 Å². The Morgan fingerprint density at radius 1 is 1.45 bits per heavy atom. The summed E-state index contributed by atoms with van der Waals surface area (Å²) in [6, 6.07) is 0. The van der Waals surface area contributed by atoms with Crippen molar-refractivity contribution in [3.63, 3.8) is 0 Å². The first kappa shape index (κ1) is 12.7. The van der Waals surface area contributed by atoms with Crippen LogP contribution in [-0.2, 0) is 0 Å². The normalized spacial score (nSPS) is 10.1. The van der Waals surface area contributed by atoms with E-state index in [1.807, 2.05) is 27.7 Å². The van der Waals surface area contributed by atoms with Gasteiger partial charge in [0, 0.05) is 5.71 Å². The summed E-state index contributed by atoms with van der Waals surface area (Å²) in [6.45, 7) is 11.6. The van der Waals surface area contributed by atoms with Gasteiger partial charge in [0.15, 0.2) is 0 Å². The molecule has 11 heavy (non-hydrogen) atoms. The van der Waals surface area contributed by atoms with Crippen LogP contribution in [0, 0.1) is 11.3 Å². The third kappa shape index (κ3) is 6.97. The van der Waals surface area contributed by atoms with E-state index in [0.29, 0.717) is 5.92 Å². The van der Waals surface area contributed by atoms with Crippen molar-refractivity contribution < 1.29 is 0 Å². The highest BCUT2D eigenvalue weighted by Crippen LogP contribution is 1.96. The minimum Gasteiger partial charge on any atom is -0.290 e. The average Bonchev–Trinajstić information content (AvgIpc) is 2.03. The number of nitrogens with zero attached hydrogens (tertiary/aromatic N) is 1. The minimum atomic E-state index is 0.365. The highest BCUT2D eigenvalue weighted by Gasteiger charge is 1.96. The van der Waals surface area contributed by atoms with Crippen LogP contribution in [0.1, 0.15) is 27.7 Å². The van der Waals surface area contributed by atoms with E-state index in [2.05, 4.69) is 11.6 Å². The number of aliphatic imine (C=N–C) groups is 1. The lowest BCUT2D eigenvalue weighted by molar-refractivity contribution is 0.891. The van der Waals surface area contributed by atoms with Crippen molar-refractivity contribution in [1.29, 1.82) is 5.41 Å². The summed E-state index contributed by atoms with van der Waals surface area (Å²) in [5.41, 5.74) is 0.866. The summed E-state index contributed by atoms with van der Waals surface area (Å²) in [6.07, 6.45) is 2.72. The van der Waals surface area contributed by atoms with Crippen molar-refractivity contribution >= 4 is 12.1 Å². The lowest BCUT2D eigenvalue weighted by Gasteiger charge is -2.00. The van der Waals surface area contributed by atoms with Crippen molar-refractivity contribution in [3.05, 3.63) is 12.7 Å². The summed E-state index contributed by atoms with van der Waals surface area (Å²) in [5, 5.41) is 6.67. The lowest BCUT2D eigenvalue weighted by Crippen LogP contribution is -2.02. The van der Waals surface area contributed by atoms with Gasteiger partial charge in [0.2, 0.25) is 0 Å². The molecule has 0 aromatic heterocycles. The molecule has 0 aromatic carbocycles. The van der Waals surface area contributed by atoms with E-state index in [-0.39, 0.29) is 0 Å². The van der Waals surface area contributed by atoms with Crippen LogP contribution in [0.5, 0.6) is 0 Å². The quantitative estimate of drug-likeness (QED) is 0.479. The number of hydrogen-bond donors (Lipinski definition) is 1. The van der Waals surface area contributed by atoms with Gasteiger partial charge in [-0.3, -0.25) is 5.41 Å². The van der Waals surface area contributed by atoms with Crippen LogP contribution in [0.15, 0.2) is 17.6 Å². The summed E-state index contributed by atoms with van der Waals surface area (Å²) in [7, 11) is 0. The first-order valence-corrected chi connectivity index (χ1v) is 3.91. The Morgan fingerprint density at radius 3 is 2.00 bits per heavy atom. The smallest absolute Gasteiger partial charge is 0.107 e. The highest BCUT2D eigenvalue weighted by atomic mass is 14.8.